The number of aliphatic hydroxyl groups excluding tert-OH is 1. The van der Waals surface area contributed by atoms with E-state index < -0.39 is 23.5 Å². The number of carbonyl (C=O) groups excluding carboxylic acids is 2. The van der Waals surface area contributed by atoms with Crippen molar-refractivity contribution in [3.63, 3.8) is 0 Å². The summed E-state index contributed by atoms with van der Waals surface area (Å²) < 4.78 is 10.8. The number of benzene rings is 1. The molecule has 0 aromatic heterocycles. The van der Waals surface area contributed by atoms with Gasteiger partial charge in [-0.1, -0.05) is 12.2 Å². The SMILES string of the molecule is COc1ccc(N2C(=O)C3C4C=CC(CO)(O4)C3C2=O)cc1. The predicted molar refractivity (Wildman–Crippen MR) is 76.3 cm³/mol. The van der Waals surface area contributed by atoms with Crippen molar-refractivity contribution in [1.82, 2.24) is 0 Å². The molecule has 2 saturated heterocycles. The number of rotatable bonds is 3. The summed E-state index contributed by atoms with van der Waals surface area (Å²) in [6.45, 7) is -0.309. The van der Waals surface area contributed by atoms with Gasteiger partial charge in [-0.3, -0.25) is 9.59 Å². The maximum Gasteiger partial charge on any atom is 0.241 e. The summed E-state index contributed by atoms with van der Waals surface area (Å²) in [6.07, 6.45) is 3.04. The van der Waals surface area contributed by atoms with Crippen LogP contribution in [0.15, 0.2) is 36.4 Å². The van der Waals surface area contributed by atoms with Crippen LogP contribution in [0.4, 0.5) is 5.69 Å². The van der Waals surface area contributed by atoms with E-state index in [-0.39, 0.29) is 18.4 Å². The van der Waals surface area contributed by atoms with Crippen molar-refractivity contribution in [3.8, 4) is 5.75 Å². The summed E-state index contributed by atoms with van der Waals surface area (Å²) in [5, 5.41) is 9.64. The molecule has 3 aliphatic heterocycles. The Kier molecular flexibility index (Phi) is 2.70. The molecular weight excluding hydrogens is 286 g/mol. The third-order valence-electron chi connectivity index (χ3n) is 4.73. The van der Waals surface area contributed by atoms with Crippen molar-refractivity contribution in [2.45, 2.75) is 11.7 Å². The van der Waals surface area contributed by atoms with Crippen molar-refractivity contribution in [1.29, 1.82) is 0 Å². The van der Waals surface area contributed by atoms with Gasteiger partial charge in [0.25, 0.3) is 0 Å². The first kappa shape index (κ1) is 13.5. The molecule has 3 heterocycles. The fourth-order valence-corrected chi connectivity index (χ4v) is 3.67. The number of amides is 2. The molecule has 6 heteroatoms. The quantitative estimate of drug-likeness (QED) is 0.650. The fourth-order valence-electron chi connectivity index (χ4n) is 3.67. The van der Waals surface area contributed by atoms with E-state index in [0.717, 1.165) is 0 Å². The van der Waals surface area contributed by atoms with Gasteiger partial charge in [-0.2, -0.15) is 0 Å². The van der Waals surface area contributed by atoms with E-state index in [4.69, 9.17) is 9.47 Å². The van der Waals surface area contributed by atoms with Crippen LogP contribution in [0.2, 0.25) is 0 Å². The van der Waals surface area contributed by atoms with Crippen LogP contribution in [0.25, 0.3) is 0 Å². The smallest absolute Gasteiger partial charge is 0.241 e. The summed E-state index contributed by atoms with van der Waals surface area (Å²) in [5.41, 5.74) is -0.541. The minimum absolute atomic E-state index is 0.273. The number of carbonyl (C=O) groups is 2. The fraction of sp³-hybridized carbons (Fsp3) is 0.375. The maximum absolute atomic E-state index is 12.8. The van der Waals surface area contributed by atoms with Crippen LogP contribution >= 0.6 is 0 Å². The Morgan fingerprint density at radius 2 is 2.00 bits per heavy atom. The molecule has 3 aliphatic rings. The third kappa shape index (κ3) is 1.51. The van der Waals surface area contributed by atoms with Crippen molar-refractivity contribution >= 4 is 17.5 Å². The second-order valence-electron chi connectivity index (χ2n) is 5.77. The van der Waals surface area contributed by atoms with Crippen LogP contribution in [0.1, 0.15) is 0 Å². The van der Waals surface area contributed by atoms with E-state index >= 15 is 0 Å². The zero-order chi connectivity index (χ0) is 15.5. The van der Waals surface area contributed by atoms with Crippen LogP contribution in [0.5, 0.6) is 5.75 Å². The molecule has 4 rings (SSSR count). The highest BCUT2D eigenvalue weighted by atomic mass is 16.5. The second-order valence-corrected chi connectivity index (χ2v) is 5.77. The average Bonchev–Trinajstić information content (AvgIpc) is 3.19. The lowest BCUT2D eigenvalue weighted by Gasteiger charge is -2.26. The largest absolute Gasteiger partial charge is 0.497 e. The summed E-state index contributed by atoms with van der Waals surface area (Å²) in [4.78, 5) is 26.6. The maximum atomic E-state index is 12.8. The van der Waals surface area contributed by atoms with Crippen molar-refractivity contribution in [2.24, 2.45) is 11.8 Å². The molecule has 0 radical (unpaired) electrons. The Labute approximate surface area is 126 Å². The standard InChI is InChI=1S/C16H15NO5/c1-21-10-4-2-9(3-5-10)17-14(19)12-11-6-7-16(8-18,22-11)13(12)15(17)20/h2-7,11-13,18H,8H2,1H3. The van der Waals surface area contributed by atoms with Crippen LogP contribution in [-0.4, -0.2) is 42.3 Å². The van der Waals surface area contributed by atoms with Crippen LogP contribution < -0.4 is 9.64 Å². The van der Waals surface area contributed by atoms with Crippen LogP contribution in [0.3, 0.4) is 0 Å². The van der Waals surface area contributed by atoms with Gasteiger partial charge in [0.05, 0.1) is 37.3 Å². The lowest BCUT2D eigenvalue weighted by atomic mass is 9.77. The van der Waals surface area contributed by atoms with Gasteiger partial charge in [0.15, 0.2) is 0 Å². The second kappa shape index (κ2) is 4.41. The average molecular weight is 301 g/mol. The highest BCUT2D eigenvalue weighted by molar-refractivity contribution is 6.23. The molecular formula is C16H15NO5. The highest BCUT2D eigenvalue weighted by Crippen LogP contribution is 2.52. The van der Waals surface area contributed by atoms with Gasteiger partial charge in [-0.25, -0.2) is 4.90 Å². The number of hydrogen-bond acceptors (Lipinski definition) is 5. The number of aliphatic hydroxyl groups is 1. The monoisotopic (exact) mass is 301 g/mol. The molecule has 2 amide bonds. The van der Waals surface area contributed by atoms with E-state index in [9.17, 15) is 14.7 Å². The lowest BCUT2D eigenvalue weighted by Crippen LogP contribution is -2.43. The molecule has 0 aliphatic carbocycles. The van der Waals surface area contributed by atoms with E-state index in [1.54, 1.807) is 43.5 Å². The zero-order valence-corrected chi connectivity index (χ0v) is 11.9. The van der Waals surface area contributed by atoms with Crippen molar-refractivity contribution in [2.75, 3.05) is 18.6 Å². The number of hydrogen-bond donors (Lipinski definition) is 1. The van der Waals surface area contributed by atoms with E-state index in [1.807, 2.05) is 0 Å². The molecule has 4 unspecified atom stereocenters. The van der Waals surface area contributed by atoms with Gasteiger partial charge in [0.2, 0.25) is 11.8 Å². The molecule has 1 N–H and O–H groups in total. The van der Waals surface area contributed by atoms with Crippen LogP contribution in [0, 0.1) is 11.8 Å². The molecule has 114 valence electrons. The molecule has 22 heavy (non-hydrogen) atoms. The molecule has 2 bridgehead atoms. The van der Waals surface area contributed by atoms with Gasteiger partial charge >= 0.3 is 0 Å². The van der Waals surface area contributed by atoms with Gasteiger partial charge in [0.1, 0.15) is 11.4 Å². The first-order valence-corrected chi connectivity index (χ1v) is 7.11. The summed E-state index contributed by atoms with van der Waals surface area (Å²) in [5.74, 6) is -1.14. The van der Waals surface area contributed by atoms with E-state index in [1.165, 1.54) is 4.90 Å². The number of anilines is 1. The Morgan fingerprint density at radius 3 is 2.64 bits per heavy atom. The van der Waals surface area contributed by atoms with Crippen molar-refractivity contribution in [3.05, 3.63) is 36.4 Å². The summed E-state index contributed by atoms with van der Waals surface area (Å²) >= 11 is 0. The van der Waals surface area contributed by atoms with E-state index in [2.05, 4.69) is 0 Å². The topological polar surface area (TPSA) is 76.1 Å². The summed E-state index contributed by atoms with van der Waals surface area (Å²) in [7, 11) is 1.55. The number of nitrogens with zero attached hydrogens (tertiary/aromatic N) is 1. The van der Waals surface area contributed by atoms with E-state index in [0.29, 0.717) is 11.4 Å². The Balaban J connectivity index is 1.72. The Morgan fingerprint density at radius 1 is 1.27 bits per heavy atom. The molecule has 4 atom stereocenters. The van der Waals surface area contributed by atoms with Crippen molar-refractivity contribution < 1.29 is 24.2 Å². The Bertz CT molecular complexity index is 682. The first-order valence-electron chi connectivity index (χ1n) is 7.11. The predicted octanol–water partition coefficient (Wildman–Crippen LogP) is 0.500. The minimum atomic E-state index is -1.05. The van der Waals surface area contributed by atoms with Crippen LogP contribution in [-0.2, 0) is 14.3 Å². The number of fused-ring (bicyclic) bond motifs is 5. The number of imide groups is 1. The van der Waals surface area contributed by atoms with Gasteiger partial charge in [-0.15, -0.1) is 0 Å². The molecule has 6 nitrogen and oxygen atoms in total. The number of ether oxygens (including phenoxy) is 2. The summed E-state index contributed by atoms with van der Waals surface area (Å²) in [6, 6.07) is 6.76. The van der Waals surface area contributed by atoms with Gasteiger partial charge < -0.3 is 14.6 Å². The highest BCUT2D eigenvalue weighted by Gasteiger charge is 2.67. The molecule has 2 fully saturated rings. The lowest BCUT2D eigenvalue weighted by molar-refractivity contribution is -0.128. The van der Waals surface area contributed by atoms with Gasteiger partial charge in [-0.05, 0) is 24.3 Å². The first-order chi connectivity index (χ1) is 10.6. The van der Waals surface area contributed by atoms with Gasteiger partial charge in [0, 0.05) is 0 Å². The molecule has 1 aromatic rings. The number of methoxy groups -OCH3 is 1. The zero-order valence-electron chi connectivity index (χ0n) is 11.9. The molecule has 0 saturated carbocycles. The minimum Gasteiger partial charge on any atom is -0.497 e. The Hall–Kier alpha value is -2.18. The normalized spacial score (nSPS) is 35.4. The molecule has 0 spiro atoms. The molecule has 1 aromatic carbocycles. The third-order valence-corrected chi connectivity index (χ3v) is 4.73.